The number of benzene rings is 1. The maximum atomic E-state index is 10.7. The molecule has 0 aliphatic heterocycles. The third-order valence-corrected chi connectivity index (χ3v) is 3.57. The molecule has 0 saturated heterocycles. The highest BCUT2D eigenvalue weighted by Crippen LogP contribution is 2.38. The molecular weight excluding hydrogens is 275 g/mol. The summed E-state index contributed by atoms with van der Waals surface area (Å²) in [6.45, 7) is 11.0. The zero-order valence-electron chi connectivity index (χ0n) is 12.9. The molecule has 0 heterocycles. The van der Waals surface area contributed by atoms with E-state index in [-0.39, 0.29) is 17.4 Å². The minimum atomic E-state index is -4.40. The standard InChI is InChI=1S/C15H25O4P/c1-14(2,3)11-15(4,5)13-8-6-12(7-9-13)10-19-20(16,17)18/h6-9H,10-11H2,1-5H3,(H2,16,17,18). The fourth-order valence-electron chi connectivity index (χ4n) is 2.64. The smallest absolute Gasteiger partial charge is 0.303 e. The van der Waals surface area contributed by atoms with Gasteiger partial charge in [-0.05, 0) is 28.4 Å². The molecule has 0 radical (unpaired) electrons. The second-order valence-corrected chi connectivity index (χ2v) is 8.32. The lowest BCUT2D eigenvalue weighted by Crippen LogP contribution is -2.24. The van der Waals surface area contributed by atoms with E-state index in [4.69, 9.17) is 9.79 Å². The van der Waals surface area contributed by atoms with Gasteiger partial charge in [0.25, 0.3) is 0 Å². The van der Waals surface area contributed by atoms with Crippen molar-refractivity contribution in [3.8, 4) is 0 Å². The van der Waals surface area contributed by atoms with E-state index in [1.54, 1.807) is 0 Å². The second-order valence-electron chi connectivity index (χ2n) is 7.08. The van der Waals surface area contributed by atoms with Crippen molar-refractivity contribution in [3.63, 3.8) is 0 Å². The van der Waals surface area contributed by atoms with Gasteiger partial charge in [-0.3, -0.25) is 4.52 Å². The van der Waals surface area contributed by atoms with Crippen molar-refractivity contribution in [3.05, 3.63) is 35.4 Å². The maximum absolute atomic E-state index is 10.7. The quantitative estimate of drug-likeness (QED) is 0.806. The SMILES string of the molecule is CC(C)(C)CC(C)(C)c1ccc(COP(=O)(O)O)cc1. The predicted octanol–water partition coefficient (Wildman–Crippen LogP) is 4.01. The molecule has 0 aliphatic carbocycles. The Hall–Kier alpha value is -0.670. The summed E-state index contributed by atoms with van der Waals surface area (Å²) >= 11 is 0. The predicted molar refractivity (Wildman–Crippen MR) is 80.4 cm³/mol. The first-order valence-corrected chi connectivity index (χ1v) is 8.22. The van der Waals surface area contributed by atoms with Crippen LogP contribution in [-0.4, -0.2) is 9.79 Å². The Labute approximate surface area is 121 Å². The van der Waals surface area contributed by atoms with E-state index < -0.39 is 7.82 Å². The van der Waals surface area contributed by atoms with Crippen LogP contribution < -0.4 is 0 Å². The van der Waals surface area contributed by atoms with Gasteiger partial charge in [0.05, 0.1) is 6.61 Å². The number of hydrogen-bond acceptors (Lipinski definition) is 2. The molecule has 1 aromatic carbocycles. The van der Waals surface area contributed by atoms with Gasteiger partial charge in [-0.2, -0.15) is 0 Å². The van der Waals surface area contributed by atoms with Crippen molar-refractivity contribution in [2.24, 2.45) is 5.41 Å². The number of rotatable bonds is 5. The fraction of sp³-hybridized carbons (Fsp3) is 0.600. The van der Waals surface area contributed by atoms with Crippen LogP contribution in [0.5, 0.6) is 0 Å². The van der Waals surface area contributed by atoms with Crippen LogP contribution >= 0.6 is 7.82 Å². The molecule has 0 fully saturated rings. The van der Waals surface area contributed by atoms with E-state index in [9.17, 15) is 4.57 Å². The molecule has 0 aromatic heterocycles. The van der Waals surface area contributed by atoms with Crippen LogP contribution in [-0.2, 0) is 21.1 Å². The van der Waals surface area contributed by atoms with E-state index in [1.807, 2.05) is 24.3 Å². The highest BCUT2D eigenvalue weighted by molar-refractivity contribution is 7.46. The Bertz CT molecular complexity index is 480. The molecule has 0 amide bonds. The lowest BCUT2D eigenvalue weighted by atomic mass is 9.72. The number of hydrogen-bond donors (Lipinski definition) is 2. The minimum Gasteiger partial charge on any atom is -0.303 e. The van der Waals surface area contributed by atoms with Crippen LogP contribution in [0, 0.1) is 5.41 Å². The molecule has 0 unspecified atom stereocenters. The minimum absolute atomic E-state index is 0.0564. The van der Waals surface area contributed by atoms with Crippen LogP contribution in [0.4, 0.5) is 0 Å². The van der Waals surface area contributed by atoms with Gasteiger partial charge in [-0.15, -0.1) is 0 Å². The molecule has 1 rings (SSSR count). The van der Waals surface area contributed by atoms with Crippen molar-refractivity contribution in [2.75, 3.05) is 0 Å². The van der Waals surface area contributed by atoms with Crippen molar-refractivity contribution >= 4 is 7.82 Å². The maximum Gasteiger partial charge on any atom is 0.469 e. The Morgan fingerprint density at radius 3 is 1.95 bits per heavy atom. The summed E-state index contributed by atoms with van der Waals surface area (Å²) in [5.41, 5.74) is 2.27. The monoisotopic (exact) mass is 300 g/mol. The first kappa shape index (κ1) is 17.4. The summed E-state index contributed by atoms with van der Waals surface area (Å²) in [6, 6.07) is 7.72. The molecule has 0 saturated carbocycles. The van der Waals surface area contributed by atoms with Crippen molar-refractivity contribution < 1.29 is 18.9 Å². The summed E-state index contributed by atoms with van der Waals surface area (Å²) in [6.07, 6.45) is 1.05. The highest BCUT2D eigenvalue weighted by Gasteiger charge is 2.27. The van der Waals surface area contributed by atoms with Crippen molar-refractivity contribution in [1.29, 1.82) is 0 Å². The zero-order chi connectivity index (χ0) is 15.6. The van der Waals surface area contributed by atoms with Crippen LogP contribution in [0.15, 0.2) is 24.3 Å². The lowest BCUT2D eigenvalue weighted by molar-refractivity contribution is 0.189. The van der Waals surface area contributed by atoms with Gasteiger partial charge in [0.15, 0.2) is 0 Å². The van der Waals surface area contributed by atoms with E-state index in [2.05, 4.69) is 39.1 Å². The van der Waals surface area contributed by atoms with Gasteiger partial charge in [0.1, 0.15) is 0 Å². The first-order valence-electron chi connectivity index (χ1n) is 6.69. The van der Waals surface area contributed by atoms with Gasteiger partial charge in [0.2, 0.25) is 0 Å². The summed E-state index contributed by atoms with van der Waals surface area (Å²) in [5, 5.41) is 0. The molecule has 20 heavy (non-hydrogen) atoms. The molecule has 5 heteroatoms. The summed E-state index contributed by atoms with van der Waals surface area (Å²) in [4.78, 5) is 17.4. The Kier molecular flexibility index (Phi) is 5.20. The zero-order valence-corrected chi connectivity index (χ0v) is 13.8. The van der Waals surface area contributed by atoms with E-state index in [1.165, 1.54) is 5.56 Å². The van der Waals surface area contributed by atoms with Gasteiger partial charge < -0.3 is 9.79 Å². The van der Waals surface area contributed by atoms with Crippen LogP contribution in [0.2, 0.25) is 0 Å². The van der Waals surface area contributed by atoms with Gasteiger partial charge in [0, 0.05) is 0 Å². The molecule has 1 aromatic rings. The third kappa shape index (κ3) is 6.19. The Morgan fingerprint density at radius 1 is 1.05 bits per heavy atom. The molecule has 114 valence electrons. The number of phosphoric ester groups is 1. The lowest BCUT2D eigenvalue weighted by Gasteiger charge is -2.33. The molecular formula is C15H25O4P. The Balaban J connectivity index is 2.78. The third-order valence-electron chi connectivity index (χ3n) is 3.11. The summed E-state index contributed by atoms with van der Waals surface area (Å²) in [5.74, 6) is 0. The molecule has 0 bridgehead atoms. The van der Waals surface area contributed by atoms with E-state index in [0.29, 0.717) is 0 Å². The average molecular weight is 300 g/mol. The van der Waals surface area contributed by atoms with E-state index >= 15 is 0 Å². The molecule has 0 atom stereocenters. The summed E-state index contributed by atoms with van der Waals surface area (Å²) in [7, 11) is -4.40. The fourth-order valence-corrected chi connectivity index (χ4v) is 2.96. The van der Waals surface area contributed by atoms with Crippen molar-refractivity contribution in [1.82, 2.24) is 0 Å². The first-order chi connectivity index (χ1) is 8.89. The molecule has 2 N–H and O–H groups in total. The van der Waals surface area contributed by atoms with Crippen LogP contribution in [0.1, 0.15) is 52.2 Å². The Morgan fingerprint density at radius 2 is 1.55 bits per heavy atom. The normalized spacial score (nSPS) is 13.6. The van der Waals surface area contributed by atoms with Crippen molar-refractivity contribution in [2.45, 2.75) is 53.1 Å². The molecule has 0 spiro atoms. The van der Waals surface area contributed by atoms with E-state index in [0.717, 1.165) is 12.0 Å². The molecule has 4 nitrogen and oxygen atoms in total. The second kappa shape index (κ2) is 5.98. The van der Waals surface area contributed by atoms with Gasteiger partial charge in [-0.1, -0.05) is 58.9 Å². The highest BCUT2D eigenvalue weighted by atomic mass is 31.2. The van der Waals surface area contributed by atoms with Gasteiger partial charge >= 0.3 is 7.82 Å². The summed E-state index contributed by atoms with van der Waals surface area (Å²) < 4.78 is 15.1. The molecule has 0 aliphatic rings. The van der Waals surface area contributed by atoms with Crippen LogP contribution in [0.25, 0.3) is 0 Å². The van der Waals surface area contributed by atoms with Gasteiger partial charge in [-0.25, -0.2) is 4.57 Å². The topological polar surface area (TPSA) is 66.8 Å². The van der Waals surface area contributed by atoms with Crippen LogP contribution in [0.3, 0.4) is 0 Å². The number of phosphoric acid groups is 1. The average Bonchev–Trinajstić information content (AvgIpc) is 2.22. The largest absolute Gasteiger partial charge is 0.469 e.